The fourth-order valence-corrected chi connectivity index (χ4v) is 5.28. The monoisotopic (exact) mass is 436 g/mol. The van der Waals surface area contributed by atoms with E-state index in [4.69, 9.17) is 14.5 Å². The number of hydrogen-bond acceptors (Lipinski definition) is 5. The van der Waals surface area contributed by atoms with Gasteiger partial charge in [-0.3, -0.25) is 4.79 Å². The number of amides is 1. The Morgan fingerprint density at radius 2 is 1.87 bits per heavy atom. The molecule has 1 amide bonds. The topological polar surface area (TPSA) is 51.7 Å². The number of para-hydroxylation sites is 1. The molecule has 6 heteroatoms. The quantitative estimate of drug-likeness (QED) is 0.486. The molecule has 5 nitrogen and oxygen atoms in total. The molecule has 0 N–H and O–H groups in total. The Balaban J connectivity index is 1.46. The third kappa shape index (κ3) is 4.59. The van der Waals surface area contributed by atoms with E-state index >= 15 is 0 Å². The number of fused-ring (bicyclic) bond motifs is 1. The lowest BCUT2D eigenvalue weighted by atomic mass is 9.82. The molecule has 31 heavy (non-hydrogen) atoms. The molecule has 0 fully saturated rings. The van der Waals surface area contributed by atoms with Gasteiger partial charge in [0.05, 0.1) is 35.4 Å². The highest BCUT2D eigenvalue weighted by atomic mass is 32.1. The Morgan fingerprint density at radius 3 is 2.65 bits per heavy atom. The second-order valence-electron chi connectivity index (χ2n) is 7.87. The summed E-state index contributed by atoms with van der Waals surface area (Å²) in [6, 6.07) is 14.1. The summed E-state index contributed by atoms with van der Waals surface area (Å²) in [5, 5.41) is 1.07. The molecule has 0 bridgehead atoms. The first-order valence-corrected chi connectivity index (χ1v) is 11.4. The smallest absolute Gasteiger partial charge is 0.226 e. The Kier molecular flexibility index (Phi) is 6.56. The van der Waals surface area contributed by atoms with Crippen molar-refractivity contribution in [1.29, 1.82) is 0 Å². The van der Waals surface area contributed by atoms with Crippen LogP contribution in [0.3, 0.4) is 0 Å². The van der Waals surface area contributed by atoms with Crippen LogP contribution in [0, 0.1) is 5.92 Å². The standard InChI is InChI=1S/C25H28N2O3S/c1-27(15-14-17-12-13-21(29-2)22(16-17)30-3)25(28)19-9-5-4-8-18(19)24-26-20-10-6-7-11-23(20)31-24/h4-7,10-13,16,18-19H,8-9,14-15H2,1-3H3/t18-,19-/m1/s1. The van der Waals surface area contributed by atoms with Gasteiger partial charge in [0.2, 0.25) is 5.91 Å². The van der Waals surface area contributed by atoms with E-state index in [1.807, 2.05) is 48.3 Å². The highest BCUT2D eigenvalue weighted by Gasteiger charge is 2.33. The van der Waals surface area contributed by atoms with Gasteiger partial charge < -0.3 is 14.4 Å². The van der Waals surface area contributed by atoms with E-state index in [0.717, 1.165) is 35.4 Å². The third-order valence-electron chi connectivity index (χ3n) is 5.94. The number of carbonyl (C=O) groups excluding carboxylic acids is 1. The van der Waals surface area contributed by atoms with Gasteiger partial charge in [-0.05, 0) is 49.1 Å². The number of thiazole rings is 1. The number of rotatable bonds is 7. The van der Waals surface area contributed by atoms with Crippen LogP contribution in [0.15, 0.2) is 54.6 Å². The SMILES string of the molecule is COc1ccc(CCN(C)C(=O)[C@@H]2CC=CC[C@H]2c2nc3ccccc3s2)cc1OC. The van der Waals surface area contributed by atoms with Gasteiger partial charge in [-0.15, -0.1) is 11.3 Å². The zero-order valence-corrected chi connectivity index (χ0v) is 19.0. The van der Waals surface area contributed by atoms with Crippen LogP contribution in [0.2, 0.25) is 0 Å². The average Bonchev–Trinajstić information content (AvgIpc) is 3.26. The molecule has 0 spiro atoms. The maximum Gasteiger partial charge on any atom is 0.226 e. The molecule has 2 aromatic carbocycles. The number of allylic oxidation sites excluding steroid dienone is 2. The Bertz CT molecular complexity index is 1060. The fraction of sp³-hybridized carbons (Fsp3) is 0.360. The number of benzene rings is 2. The van der Waals surface area contributed by atoms with Crippen molar-refractivity contribution in [3.8, 4) is 11.5 Å². The molecule has 0 unspecified atom stereocenters. The third-order valence-corrected chi connectivity index (χ3v) is 7.11. The lowest BCUT2D eigenvalue weighted by molar-refractivity contribution is -0.135. The zero-order valence-electron chi connectivity index (χ0n) is 18.2. The molecule has 1 heterocycles. The molecule has 0 saturated heterocycles. The molecule has 2 atom stereocenters. The summed E-state index contributed by atoms with van der Waals surface area (Å²) < 4.78 is 11.9. The maximum absolute atomic E-state index is 13.4. The van der Waals surface area contributed by atoms with Gasteiger partial charge in [0.25, 0.3) is 0 Å². The number of ether oxygens (including phenoxy) is 2. The van der Waals surface area contributed by atoms with E-state index in [1.54, 1.807) is 25.6 Å². The minimum absolute atomic E-state index is 0.0686. The summed E-state index contributed by atoms with van der Waals surface area (Å²) in [4.78, 5) is 20.1. The van der Waals surface area contributed by atoms with E-state index < -0.39 is 0 Å². The molecule has 0 aliphatic heterocycles. The van der Waals surface area contributed by atoms with Crippen LogP contribution in [0.4, 0.5) is 0 Å². The second kappa shape index (κ2) is 9.52. The van der Waals surface area contributed by atoms with Crippen molar-refractivity contribution in [3.05, 3.63) is 65.2 Å². The van der Waals surface area contributed by atoms with Gasteiger partial charge in [0, 0.05) is 19.5 Å². The van der Waals surface area contributed by atoms with Crippen LogP contribution in [-0.4, -0.2) is 43.6 Å². The largest absolute Gasteiger partial charge is 0.493 e. The number of hydrogen-bond donors (Lipinski definition) is 0. The molecule has 162 valence electrons. The minimum Gasteiger partial charge on any atom is -0.493 e. The summed E-state index contributed by atoms with van der Waals surface area (Å²) in [6.07, 6.45) is 6.70. The fourth-order valence-electron chi connectivity index (χ4n) is 4.13. The van der Waals surface area contributed by atoms with Gasteiger partial charge in [-0.1, -0.05) is 30.4 Å². The van der Waals surface area contributed by atoms with Crippen LogP contribution in [0.5, 0.6) is 11.5 Å². The highest BCUT2D eigenvalue weighted by Crippen LogP contribution is 2.39. The Hall–Kier alpha value is -2.86. The molecule has 1 aromatic heterocycles. The molecular formula is C25H28N2O3S. The first kappa shape index (κ1) is 21.4. The Labute approximate surface area is 187 Å². The van der Waals surface area contributed by atoms with Crippen LogP contribution < -0.4 is 9.47 Å². The van der Waals surface area contributed by atoms with Crippen molar-refractivity contribution in [3.63, 3.8) is 0 Å². The molecule has 0 saturated carbocycles. The van der Waals surface area contributed by atoms with E-state index in [0.29, 0.717) is 18.0 Å². The summed E-state index contributed by atoms with van der Waals surface area (Å²) in [5.74, 6) is 1.68. The van der Waals surface area contributed by atoms with Crippen LogP contribution in [0.1, 0.15) is 29.3 Å². The molecule has 1 aliphatic rings. The molecule has 1 aliphatic carbocycles. The van der Waals surface area contributed by atoms with Crippen LogP contribution >= 0.6 is 11.3 Å². The first-order chi connectivity index (χ1) is 15.1. The van der Waals surface area contributed by atoms with Crippen molar-refractivity contribution < 1.29 is 14.3 Å². The predicted octanol–water partition coefficient (Wildman–Crippen LogP) is 5.06. The van der Waals surface area contributed by atoms with Crippen molar-refractivity contribution in [1.82, 2.24) is 9.88 Å². The van der Waals surface area contributed by atoms with Gasteiger partial charge >= 0.3 is 0 Å². The molecule has 4 rings (SSSR count). The molecule has 0 radical (unpaired) electrons. The van der Waals surface area contributed by atoms with Gasteiger partial charge in [0.1, 0.15) is 0 Å². The number of carbonyl (C=O) groups is 1. The van der Waals surface area contributed by atoms with Crippen LogP contribution in [-0.2, 0) is 11.2 Å². The van der Waals surface area contributed by atoms with Crippen molar-refractivity contribution in [2.45, 2.75) is 25.2 Å². The van der Waals surface area contributed by atoms with Gasteiger partial charge in [-0.25, -0.2) is 4.98 Å². The summed E-state index contributed by atoms with van der Waals surface area (Å²) in [7, 11) is 5.16. The maximum atomic E-state index is 13.4. The summed E-state index contributed by atoms with van der Waals surface area (Å²) in [5.41, 5.74) is 2.13. The highest BCUT2D eigenvalue weighted by molar-refractivity contribution is 7.18. The van der Waals surface area contributed by atoms with E-state index in [9.17, 15) is 4.79 Å². The molecular weight excluding hydrogens is 408 g/mol. The van der Waals surface area contributed by atoms with Gasteiger partial charge in [0.15, 0.2) is 11.5 Å². The number of aromatic nitrogens is 1. The predicted molar refractivity (Wildman–Crippen MR) is 125 cm³/mol. The van der Waals surface area contributed by atoms with Crippen LogP contribution in [0.25, 0.3) is 10.2 Å². The summed E-state index contributed by atoms with van der Waals surface area (Å²) >= 11 is 1.71. The average molecular weight is 437 g/mol. The first-order valence-electron chi connectivity index (χ1n) is 10.6. The number of methoxy groups -OCH3 is 2. The lowest BCUT2D eigenvalue weighted by Crippen LogP contribution is -2.37. The second-order valence-corrected chi connectivity index (χ2v) is 8.94. The number of nitrogens with zero attached hydrogens (tertiary/aromatic N) is 2. The van der Waals surface area contributed by atoms with E-state index in [-0.39, 0.29) is 17.7 Å². The van der Waals surface area contributed by atoms with E-state index in [2.05, 4.69) is 18.2 Å². The van der Waals surface area contributed by atoms with Crippen molar-refractivity contribution >= 4 is 27.5 Å². The Morgan fingerprint density at radius 1 is 1.10 bits per heavy atom. The normalized spacial score (nSPS) is 18.2. The number of likely N-dealkylation sites (N-methyl/N-ethyl adjacent to an activating group) is 1. The van der Waals surface area contributed by atoms with E-state index in [1.165, 1.54) is 4.70 Å². The summed E-state index contributed by atoms with van der Waals surface area (Å²) in [6.45, 7) is 0.654. The lowest BCUT2D eigenvalue weighted by Gasteiger charge is -2.30. The van der Waals surface area contributed by atoms with Crippen molar-refractivity contribution in [2.24, 2.45) is 5.92 Å². The molecule has 3 aromatic rings. The van der Waals surface area contributed by atoms with Crippen molar-refractivity contribution in [2.75, 3.05) is 27.8 Å². The minimum atomic E-state index is -0.0686. The zero-order chi connectivity index (χ0) is 21.8. The van der Waals surface area contributed by atoms with Gasteiger partial charge in [-0.2, -0.15) is 0 Å².